The molecule has 2 heterocycles. The van der Waals surface area contributed by atoms with Gasteiger partial charge in [0, 0.05) is 19.6 Å². The largest absolute Gasteiger partial charge is 0.384 e. The van der Waals surface area contributed by atoms with Gasteiger partial charge in [0.2, 0.25) is 0 Å². The zero-order chi connectivity index (χ0) is 21.7. The van der Waals surface area contributed by atoms with Gasteiger partial charge >= 0.3 is 0 Å². The van der Waals surface area contributed by atoms with Gasteiger partial charge in [0.25, 0.3) is 5.91 Å². The van der Waals surface area contributed by atoms with Crippen molar-refractivity contribution in [3.05, 3.63) is 58.5 Å². The molecule has 0 spiro atoms. The third kappa shape index (κ3) is 5.37. The smallest absolute Gasteiger partial charge is 0.254 e. The van der Waals surface area contributed by atoms with Gasteiger partial charge in [0.05, 0.1) is 11.3 Å². The van der Waals surface area contributed by atoms with Crippen LogP contribution in [0.2, 0.25) is 0 Å². The van der Waals surface area contributed by atoms with Crippen molar-refractivity contribution in [2.75, 3.05) is 18.8 Å². The van der Waals surface area contributed by atoms with Gasteiger partial charge in [-0.1, -0.05) is 19.1 Å². The minimum Gasteiger partial charge on any atom is -0.384 e. The lowest BCUT2D eigenvalue weighted by molar-refractivity contribution is -0.0935. The summed E-state index contributed by atoms with van der Waals surface area (Å²) in [5.74, 6) is 0.105. The second-order valence-corrected chi connectivity index (χ2v) is 8.84. The van der Waals surface area contributed by atoms with Gasteiger partial charge in [0.15, 0.2) is 0 Å². The lowest BCUT2D eigenvalue weighted by Crippen LogP contribution is -2.30. The highest BCUT2D eigenvalue weighted by Gasteiger charge is 2.34. The lowest BCUT2D eigenvalue weighted by atomic mass is 9.89. The molecule has 1 aliphatic heterocycles. The predicted octanol–water partition coefficient (Wildman–Crippen LogP) is 3.63. The molecule has 3 rings (SSSR count). The normalized spacial score (nSPS) is 20.0. The predicted molar refractivity (Wildman–Crippen MR) is 114 cm³/mol. The van der Waals surface area contributed by atoms with Crippen LogP contribution in [0.4, 0.5) is 4.39 Å². The molecule has 1 atom stereocenters. The number of carbonyl (C=O) groups excluding carboxylic acids is 1. The molecule has 1 aliphatic rings. The van der Waals surface area contributed by atoms with E-state index in [4.69, 9.17) is 0 Å². The first kappa shape index (κ1) is 22.7. The molecular weight excluding hydrogens is 405 g/mol. The van der Waals surface area contributed by atoms with E-state index in [9.17, 15) is 19.5 Å². The Morgan fingerprint density at radius 2 is 2.13 bits per heavy atom. The minimum atomic E-state index is -1.14. The number of amides is 1. The molecule has 1 aromatic heterocycles. The Morgan fingerprint density at radius 3 is 2.87 bits per heavy atom. The average molecular weight is 434 g/mol. The third-order valence-corrected chi connectivity index (χ3v) is 6.16. The van der Waals surface area contributed by atoms with E-state index in [2.05, 4.69) is 10.3 Å². The maximum Gasteiger partial charge on any atom is 0.254 e. The Balaban J connectivity index is 1.86. The highest BCUT2D eigenvalue weighted by Crippen LogP contribution is 2.35. The van der Waals surface area contributed by atoms with Crippen LogP contribution >= 0.6 is 11.8 Å². The number of halogens is 1. The summed E-state index contributed by atoms with van der Waals surface area (Å²) in [5.41, 5.74) is 1.28. The first-order valence-corrected chi connectivity index (χ1v) is 11.1. The molecule has 1 unspecified atom stereocenters. The first-order chi connectivity index (χ1) is 14.3. The second kappa shape index (κ2) is 9.87. The third-order valence-electron chi connectivity index (χ3n) is 5.30. The molecular formula is C22H28FN3O3S. The number of benzene rings is 1. The van der Waals surface area contributed by atoms with Crippen molar-refractivity contribution in [1.82, 2.24) is 15.4 Å². The van der Waals surface area contributed by atoms with Gasteiger partial charge in [-0.25, -0.2) is 9.37 Å². The molecule has 1 amide bonds. The summed E-state index contributed by atoms with van der Waals surface area (Å²) in [5, 5.41) is 25.6. The quantitative estimate of drug-likeness (QED) is 0.603. The Hall–Kier alpha value is -2.00. The van der Waals surface area contributed by atoms with E-state index in [1.54, 1.807) is 18.2 Å². The summed E-state index contributed by atoms with van der Waals surface area (Å²) in [4.78, 5) is 17.6. The molecule has 1 fully saturated rings. The summed E-state index contributed by atoms with van der Waals surface area (Å²) in [6, 6.07) is 7.89. The summed E-state index contributed by atoms with van der Waals surface area (Å²) in [7, 11) is 0. The number of nitrogens with one attached hydrogen (secondary N) is 1. The average Bonchev–Trinajstić information content (AvgIpc) is 2.88. The van der Waals surface area contributed by atoms with E-state index in [1.807, 2.05) is 13.8 Å². The van der Waals surface area contributed by atoms with Crippen LogP contribution in [0.25, 0.3) is 0 Å². The van der Waals surface area contributed by atoms with Gasteiger partial charge in [-0.2, -0.15) is 5.06 Å². The zero-order valence-electron chi connectivity index (χ0n) is 17.3. The summed E-state index contributed by atoms with van der Waals surface area (Å²) >= 11 is 1.45. The van der Waals surface area contributed by atoms with E-state index in [0.717, 1.165) is 11.3 Å². The van der Waals surface area contributed by atoms with E-state index < -0.39 is 5.60 Å². The van der Waals surface area contributed by atoms with Crippen LogP contribution < -0.4 is 5.32 Å². The number of aliphatic hydroxyl groups is 1. The van der Waals surface area contributed by atoms with Crippen LogP contribution in [0.3, 0.4) is 0 Å². The van der Waals surface area contributed by atoms with Crippen molar-refractivity contribution < 1.29 is 19.5 Å². The number of hydrogen-bond acceptors (Lipinski definition) is 6. The molecule has 1 saturated heterocycles. The fraction of sp³-hybridized carbons (Fsp3) is 0.455. The van der Waals surface area contributed by atoms with Crippen LogP contribution in [0.1, 0.15) is 53.4 Å². The van der Waals surface area contributed by atoms with E-state index in [1.165, 1.54) is 29.0 Å². The van der Waals surface area contributed by atoms with Gasteiger partial charge < -0.3 is 15.6 Å². The standard InChI is InChI=1S/C22H28FN3O3S/c1-3-30-21-19(20(27)24-14-16-6-4-7-17(23)13-16)15(2)12-18(25-21)22(28)8-5-10-26(29)11-9-22/h4,6-7,12-13,28-29H,3,5,8-11,14H2,1-2H3,(H,24,27). The number of hydrogen-bond donors (Lipinski definition) is 3. The molecule has 6 nitrogen and oxygen atoms in total. The summed E-state index contributed by atoms with van der Waals surface area (Å²) < 4.78 is 13.4. The van der Waals surface area contributed by atoms with E-state index in [-0.39, 0.29) is 18.3 Å². The molecule has 162 valence electrons. The van der Waals surface area contributed by atoms with E-state index >= 15 is 0 Å². The maximum atomic E-state index is 13.4. The van der Waals surface area contributed by atoms with Crippen LogP contribution in [-0.2, 0) is 12.1 Å². The van der Waals surface area contributed by atoms with Crippen LogP contribution in [-0.4, -0.2) is 45.1 Å². The number of thioether (sulfide) groups is 1. The van der Waals surface area contributed by atoms with Crippen molar-refractivity contribution in [1.29, 1.82) is 0 Å². The Kier molecular flexibility index (Phi) is 7.46. The fourth-order valence-corrected chi connectivity index (χ4v) is 4.51. The van der Waals surface area contributed by atoms with Crippen molar-refractivity contribution >= 4 is 17.7 Å². The van der Waals surface area contributed by atoms with Crippen molar-refractivity contribution in [3.63, 3.8) is 0 Å². The SMILES string of the molecule is CCSc1nc(C2(O)CCCN(O)CC2)cc(C)c1C(=O)NCc1cccc(F)c1. The number of aromatic nitrogens is 1. The van der Waals surface area contributed by atoms with Gasteiger partial charge in [0.1, 0.15) is 16.4 Å². The molecule has 0 aliphatic carbocycles. The molecule has 1 aromatic carbocycles. The molecule has 8 heteroatoms. The van der Waals surface area contributed by atoms with Crippen molar-refractivity contribution in [3.8, 4) is 0 Å². The monoisotopic (exact) mass is 433 g/mol. The van der Waals surface area contributed by atoms with Crippen molar-refractivity contribution in [2.24, 2.45) is 0 Å². The molecule has 2 aromatic rings. The summed E-state index contributed by atoms with van der Waals surface area (Å²) in [6.45, 7) is 4.90. The summed E-state index contributed by atoms with van der Waals surface area (Å²) in [6.07, 6.45) is 1.52. The lowest BCUT2D eigenvalue weighted by Gasteiger charge is -2.27. The molecule has 30 heavy (non-hydrogen) atoms. The highest BCUT2D eigenvalue weighted by molar-refractivity contribution is 7.99. The highest BCUT2D eigenvalue weighted by atomic mass is 32.2. The number of pyridine rings is 1. The molecule has 3 N–H and O–H groups in total. The van der Waals surface area contributed by atoms with Crippen molar-refractivity contribution in [2.45, 2.75) is 50.3 Å². The topological polar surface area (TPSA) is 85.7 Å². The minimum absolute atomic E-state index is 0.213. The molecule has 0 saturated carbocycles. The number of rotatable bonds is 6. The fourth-order valence-electron chi connectivity index (χ4n) is 3.68. The van der Waals surface area contributed by atoms with Crippen LogP contribution in [0.15, 0.2) is 35.4 Å². The van der Waals surface area contributed by atoms with Gasteiger partial charge in [-0.15, -0.1) is 11.8 Å². The van der Waals surface area contributed by atoms with Crippen LogP contribution in [0.5, 0.6) is 0 Å². The maximum absolute atomic E-state index is 13.4. The van der Waals surface area contributed by atoms with Gasteiger partial charge in [-0.3, -0.25) is 4.79 Å². The number of hydroxylamine groups is 2. The second-order valence-electron chi connectivity index (χ2n) is 7.59. The number of nitrogens with zero attached hydrogens (tertiary/aromatic N) is 2. The Bertz CT molecular complexity index is 911. The number of aryl methyl sites for hydroxylation is 1. The molecule has 0 radical (unpaired) electrons. The first-order valence-electron chi connectivity index (χ1n) is 10.2. The zero-order valence-corrected chi connectivity index (χ0v) is 18.1. The Labute approximate surface area is 180 Å². The van der Waals surface area contributed by atoms with E-state index in [0.29, 0.717) is 54.2 Å². The Morgan fingerprint density at radius 1 is 1.33 bits per heavy atom. The number of carbonyl (C=O) groups is 1. The van der Waals surface area contributed by atoms with Crippen LogP contribution in [0, 0.1) is 12.7 Å². The van der Waals surface area contributed by atoms with Gasteiger partial charge in [-0.05, 0) is 61.3 Å². The molecule has 0 bridgehead atoms.